The van der Waals surface area contributed by atoms with Gasteiger partial charge in [0.1, 0.15) is 0 Å². The molecule has 4 heteroatoms. The average Bonchev–Trinajstić information content (AvgIpc) is 2.16. The molecule has 0 aromatic heterocycles. The van der Waals surface area contributed by atoms with Crippen molar-refractivity contribution in [3.8, 4) is 6.07 Å². The molecule has 0 aliphatic rings. The molecular weight excluding hydrogens is 168 g/mol. The SMILES string of the molecule is CNc1cc(C#N)ccc1C(=O)O. The van der Waals surface area contributed by atoms with E-state index in [4.69, 9.17) is 10.4 Å². The summed E-state index contributed by atoms with van der Waals surface area (Å²) in [5.41, 5.74) is 1.06. The van der Waals surface area contributed by atoms with E-state index in [0.29, 0.717) is 11.3 Å². The van der Waals surface area contributed by atoms with E-state index in [0.717, 1.165) is 0 Å². The second kappa shape index (κ2) is 3.59. The number of carbonyl (C=O) groups is 1. The van der Waals surface area contributed by atoms with Crippen LogP contribution in [0.5, 0.6) is 0 Å². The van der Waals surface area contributed by atoms with Gasteiger partial charge in [-0.2, -0.15) is 5.26 Å². The molecule has 0 aliphatic heterocycles. The van der Waals surface area contributed by atoms with Crippen molar-refractivity contribution in [2.45, 2.75) is 0 Å². The molecule has 13 heavy (non-hydrogen) atoms. The van der Waals surface area contributed by atoms with Crippen molar-refractivity contribution in [2.75, 3.05) is 12.4 Å². The number of carboxylic acids is 1. The summed E-state index contributed by atoms with van der Waals surface area (Å²) < 4.78 is 0. The normalized spacial score (nSPS) is 8.92. The van der Waals surface area contributed by atoms with Gasteiger partial charge in [0.05, 0.1) is 17.2 Å². The summed E-state index contributed by atoms with van der Waals surface area (Å²) in [5.74, 6) is -1.01. The Kier molecular flexibility index (Phi) is 2.50. The third-order valence-electron chi connectivity index (χ3n) is 1.65. The Labute approximate surface area is 75.4 Å². The van der Waals surface area contributed by atoms with E-state index in [9.17, 15) is 4.79 Å². The highest BCUT2D eigenvalue weighted by Gasteiger charge is 2.08. The number of aromatic carboxylic acids is 1. The molecule has 0 saturated carbocycles. The first-order valence-electron chi connectivity index (χ1n) is 3.64. The zero-order chi connectivity index (χ0) is 9.84. The molecule has 0 heterocycles. The summed E-state index contributed by atoms with van der Waals surface area (Å²) in [5, 5.41) is 20.0. The minimum Gasteiger partial charge on any atom is -0.478 e. The third kappa shape index (κ3) is 1.76. The Morgan fingerprint density at radius 1 is 1.62 bits per heavy atom. The monoisotopic (exact) mass is 176 g/mol. The molecule has 1 aromatic carbocycles. The molecular formula is C9H8N2O2. The predicted octanol–water partition coefficient (Wildman–Crippen LogP) is 1.30. The molecule has 0 fully saturated rings. The molecule has 2 N–H and O–H groups in total. The number of anilines is 1. The van der Waals surface area contributed by atoms with Crippen LogP contribution in [0.4, 0.5) is 5.69 Å². The maximum atomic E-state index is 10.7. The van der Waals surface area contributed by atoms with Crippen LogP contribution in [-0.4, -0.2) is 18.1 Å². The number of nitrogens with zero attached hydrogens (tertiary/aromatic N) is 1. The molecule has 0 atom stereocenters. The first-order valence-corrected chi connectivity index (χ1v) is 3.64. The van der Waals surface area contributed by atoms with Gasteiger partial charge in [0.2, 0.25) is 0 Å². The van der Waals surface area contributed by atoms with Crippen molar-refractivity contribution in [2.24, 2.45) is 0 Å². The average molecular weight is 176 g/mol. The molecule has 0 radical (unpaired) electrons. The van der Waals surface area contributed by atoms with E-state index in [1.807, 2.05) is 6.07 Å². The van der Waals surface area contributed by atoms with E-state index in [1.54, 1.807) is 7.05 Å². The van der Waals surface area contributed by atoms with Crippen molar-refractivity contribution in [3.05, 3.63) is 29.3 Å². The minimum absolute atomic E-state index is 0.168. The lowest BCUT2D eigenvalue weighted by molar-refractivity contribution is 0.0698. The summed E-state index contributed by atoms with van der Waals surface area (Å²) in [6, 6.07) is 6.32. The maximum Gasteiger partial charge on any atom is 0.337 e. The summed E-state index contributed by atoms with van der Waals surface area (Å²) in [4.78, 5) is 10.7. The van der Waals surface area contributed by atoms with Crippen LogP contribution in [0.1, 0.15) is 15.9 Å². The van der Waals surface area contributed by atoms with Gasteiger partial charge in [-0.1, -0.05) is 0 Å². The largest absolute Gasteiger partial charge is 0.478 e. The van der Waals surface area contributed by atoms with Crippen LogP contribution in [0, 0.1) is 11.3 Å². The van der Waals surface area contributed by atoms with Gasteiger partial charge in [0, 0.05) is 12.7 Å². The predicted molar refractivity (Wildman–Crippen MR) is 47.7 cm³/mol. The van der Waals surface area contributed by atoms with Crippen LogP contribution in [0.25, 0.3) is 0 Å². The van der Waals surface area contributed by atoms with Gasteiger partial charge in [-0.3, -0.25) is 0 Å². The summed E-state index contributed by atoms with van der Waals surface area (Å²) >= 11 is 0. The van der Waals surface area contributed by atoms with Crippen molar-refractivity contribution in [1.29, 1.82) is 5.26 Å². The van der Waals surface area contributed by atoms with Crippen LogP contribution < -0.4 is 5.32 Å². The second-order valence-corrected chi connectivity index (χ2v) is 2.43. The van der Waals surface area contributed by atoms with Crippen molar-refractivity contribution in [1.82, 2.24) is 0 Å². The van der Waals surface area contributed by atoms with E-state index in [-0.39, 0.29) is 5.56 Å². The highest BCUT2D eigenvalue weighted by Crippen LogP contribution is 2.16. The van der Waals surface area contributed by atoms with Crippen molar-refractivity contribution >= 4 is 11.7 Å². The fourth-order valence-corrected chi connectivity index (χ4v) is 1.01. The Bertz CT molecular complexity index is 380. The first kappa shape index (κ1) is 9.07. The number of benzene rings is 1. The Hall–Kier alpha value is -2.02. The van der Waals surface area contributed by atoms with Crippen LogP contribution in [0.2, 0.25) is 0 Å². The zero-order valence-electron chi connectivity index (χ0n) is 7.03. The molecule has 0 unspecified atom stereocenters. The topological polar surface area (TPSA) is 73.1 Å². The lowest BCUT2D eigenvalue weighted by Crippen LogP contribution is -2.02. The van der Waals surface area contributed by atoms with E-state index >= 15 is 0 Å². The van der Waals surface area contributed by atoms with Gasteiger partial charge in [-0.05, 0) is 18.2 Å². The van der Waals surface area contributed by atoms with Gasteiger partial charge >= 0.3 is 5.97 Å². The Morgan fingerprint density at radius 3 is 2.77 bits per heavy atom. The van der Waals surface area contributed by atoms with Crippen molar-refractivity contribution < 1.29 is 9.90 Å². The highest BCUT2D eigenvalue weighted by atomic mass is 16.4. The molecule has 66 valence electrons. The number of rotatable bonds is 2. The van der Waals surface area contributed by atoms with Crippen LogP contribution in [0.3, 0.4) is 0 Å². The van der Waals surface area contributed by atoms with Crippen LogP contribution >= 0.6 is 0 Å². The number of hydrogen-bond acceptors (Lipinski definition) is 3. The van der Waals surface area contributed by atoms with E-state index in [2.05, 4.69) is 5.32 Å². The fraction of sp³-hybridized carbons (Fsp3) is 0.111. The number of hydrogen-bond donors (Lipinski definition) is 2. The smallest absolute Gasteiger partial charge is 0.337 e. The molecule has 0 bridgehead atoms. The van der Waals surface area contributed by atoms with Crippen molar-refractivity contribution in [3.63, 3.8) is 0 Å². The number of nitriles is 1. The standard InChI is InChI=1S/C9H8N2O2/c1-11-8-4-6(5-10)2-3-7(8)9(12)13/h2-4,11H,1H3,(H,12,13). The van der Waals surface area contributed by atoms with Gasteiger partial charge in [0.15, 0.2) is 0 Å². The van der Waals surface area contributed by atoms with Gasteiger partial charge < -0.3 is 10.4 Å². The maximum absolute atomic E-state index is 10.7. The summed E-state index contributed by atoms with van der Waals surface area (Å²) in [6.45, 7) is 0. The lowest BCUT2D eigenvalue weighted by atomic mass is 10.1. The lowest BCUT2D eigenvalue weighted by Gasteiger charge is -2.04. The van der Waals surface area contributed by atoms with Gasteiger partial charge in [0.25, 0.3) is 0 Å². The van der Waals surface area contributed by atoms with Gasteiger partial charge in [-0.15, -0.1) is 0 Å². The second-order valence-electron chi connectivity index (χ2n) is 2.43. The molecule has 0 saturated heterocycles. The van der Waals surface area contributed by atoms with E-state index in [1.165, 1.54) is 18.2 Å². The molecule has 0 amide bonds. The molecule has 4 nitrogen and oxygen atoms in total. The fourth-order valence-electron chi connectivity index (χ4n) is 1.01. The zero-order valence-corrected chi connectivity index (χ0v) is 7.03. The summed E-state index contributed by atoms with van der Waals surface area (Å²) in [6.07, 6.45) is 0. The quantitative estimate of drug-likeness (QED) is 0.712. The Morgan fingerprint density at radius 2 is 2.31 bits per heavy atom. The molecule has 1 rings (SSSR count). The van der Waals surface area contributed by atoms with E-state index < -0.39 is 5.97 Å². The first-order chi connectivity index (χ1) is 6.19. The minimum atomic E-state index is -1.01. The molecule has 0 aliphatic carbocycles. The van der Waals surface area contributed by atoms with Gasteiger partial charge in [-0.25, -0.2) is 4.79 Å². The molecule has 1 aromatic rings. The highest BCUT2D eigenvalue weighted by molar-refractivity contribution is 5.94. The number of carboxylic acid groups (broad SMARTS) is 1. The molecule has 0 spiro atoms. The third-order valence-corrected chi connectivity index (χ3v) is 1.65. The van der Waals surface area contributed by atoms with Crippen LogP contribution in [0.15, 0.2) is 18.2 Å². The van der Waals surface area contributed by atoms with Crippen LogP contribution in [-0.2, 0) is 0 Å². The summed E-state index contributed by atoms with van der Waals surface area (Å²) in [7, 11) is 1.61. The Balaban J connectivity index is 3.25. The number of nitrogens with one attached hydrogen (secondary N) is 1.